The highest BCUT2D eigenvalue weighted by atomic mass is 28.3. The van der Waals surface area contributed by atoms with E-state index in [4.69, 9.17) is 24.2 Å². The largest absolute Gasteiger partial charge is 0.444 e. The quantitative estimate of drug-likeness (QED) is 0.133. The number of hydrogen-bond donors (Lipinski definition) is 1. The molecule has 1 N–H and O–H groups in total. The molecule has 2 aliphatic heterocycles. The molecule has 14 heteroatoms. The Morgan fingerprint density at radius 3 is 2.41 bits per heavy atom. The number of aromatic nitrogens is 5. The van der Waals surface area contributed by atoms with E-state index in [9.17, 15) is 4.79 Å². The van der Waals surface area contributed by atoms with Gasteiger partial charge in [0.2, 0.25) is 5.95 Å². The second-order valence-electron chi connectivity index (χ2n) is 15.6. The van der Waals surface area contributed by atoms with E-state index in [1.807, 2.05) is 20.8 Å². The normalized spacial score (nSPS) is 17.1. The molecule has 13 nitrogen and oxygen atoms in total. The first-order chi connectivity index (χ1) is 24.3. The van der Waals surface area contributed by atoms with Crippen molar-refractivity contribution in [1.82, 2.24) is 29.4 Å². The second-order valence-corrected chi connectivity index (χ2v) is 21.3. The van der Waals surface area contributed by atoms with Crippen molar-refractivity contribution in [3.05, 3.63) is 49.1 Å². The Morgan fingerprint density at radius 1 is 1.00 bits per heavy atom. The van der Waals surface area contributed by atoms with E-state index >= 15 is 0 Å². The molecule has 3 aromatic heterocycles. The summed E-state index contributed by atoms with van der Waals surface area (Å²) in [5, 5.41) is 4.46. The van der Waals surface area contributed by atoms with Crippen molar-refractivity contribution in [1.29, 1.82) is 0 Å². The number of ether oxygens (including phenoxy) is 3. The van der Waals surface area contributed by atoms with Crippen LogP contribution in [0.4, 0.5) is 27.9 Å². The molecule has 6 rings (SSSR count). The van der Waals surface area contributed by atoms with Gasteiger partial charge in [-0.15, -0.1) is 0 Å². The summed E-state index contributed by atoms with van der Waals surface area (Å²) in [6, 6.07) is 11.7. The van der Waals surface area contributed by atoms with Gasteiger partial charge >= 0.3 is 6.09 Å². The molecule has 2 fully saturated rings. The van der Waals surface area contributed by atoms with E-state index in [2.05, 4.69) is 79.6 Å². The number of hydrogen-bond acceptors (Lipinski definition) is 11. The van der Waals surface area contributed by atoms with Crippen molar-refractivity contribution in [3.63, 3.8) is 0 Å². The number of amides is 1. The van der Waals surface area contributed by atoms with E-state index in [1.165, 1.54) is 0 Å². The number of nitrogens with one attached hydrogen (secondary N) is 1. The zero-order chi connectivity index (χ0) is 36.2. The van der Waals surface area contributed by atoms with Crippen LogP contribution in [0.15, 0.2) is 49.1 Å². The van der Waals surface area contributed by atoms with Crippen LogP contribution < -0.4 is 15.1 Å². The Morgan fingerprint density at radius 2 is 1.73 bits per heavy atom. The number of piperidine rings is 1. The molecule has 1 atom stereocenters. The highest BCUT2D eigenvalue weighted by Crippen LogP contribution is 2.33. The van der Waals surface area contributed by atoms with Crippen molar-refractivity contribution in [2.45, 2.75) is 77.7 Å². The molecule has 5 heterocycles. The van der Waals surface area contributed by atoms with Crippen molar-refractivity contribution in [3.8, 4) is 11.3 Å². The molecule has 0 radical (unpaired) electrons. The lowest BCUT2D eigenvalue weighted by molar-refractivity contribution is 0.0209. The SMILES string of the molecule is CN(C(=O)OC(C)(C)C)[C@@H]1CCCN(c2ncc(Nc3ccc(-c4cc5c(N6CCOCC6)ncnc5n4COCC[Si](C)(C)C)cc3)cn2)C1. The van der Waals surface area contributed by atoms with Gasteiger partial charge in [-0.2, -0.15) is 0 Å². The topological polar surface area (TPSA) is 123 Å². The number of carbonyl (C=O) groups excluding carboxylic acids is 1. The first-order valence-electron chi connectivity index (χ1n) is 18.0. The number of likely N-dealkylation sites (N-methyl/N-ethyl adjacent to an activating group) is 1. The molecule has 51 heavy (non-hydrogen) atoms. The van der Waals surface area contributed by atoms with Crippen LogP contribution >= 0.6 is 0 Å². The van der Waals surface area contributed by atoms with E-state index in [1.54, 1.807) is 30.7 Å². The van der Waals surface area contributed by atoms with Gasteiger partial charge in [-0.25, -0.2) is 24.7 Å². The van der Waals surface area contributed by atoms with Crippen molar-refractivity contribution in [2.75, 3.05) is 68.2 Å². The number of rotatable bonds is 11. The summed E-state index contributed by atoms with van der Waals surface area (Å²) in [5.74, 6) is 1.58. The van der Waals surface area contributed by atoms with E-state index < -0.39 is 13.7 Å². The van der Waals surface area contributed by atoms with Crippen LogP contribution in [0.1, 0.15) is 33.6 Å². The molecule has 0 spiro atoms. The monoisotopic (exact) mass is 715 g/mol. The van der Waals surface area contributed by atoms with Crippen LogP contribution in [-0.4, -0.2) is 108 Å². The van der Waals surface area contributed by atoms with Gasteiger partial charge in [0.1, 0.15) is 30.1 Å². The zero-order valence-electron chi connectivity index (χ0n) is 31.2. The molecule has 2 saturated heterocycles. The standard InChI is InChI=1S/C37H53N9O4Si/c1-37(2,3)50-36(47)43(4)30-9-8-14-45(24-30)35-38-22-29(23-39-35)42-28-12-10-27(11-13-28)32-21-31-33(44-15-17-48-18-16-44)40-25-41-34(31)46(32)26-49-19-20-51(5,6)7/h10-13,21-23,25,30,42H,8-9,14-20,24,26H2,1-7H3/t30-/m1/s1. The Balaban J connectivity index is 1.15. The highest BCUT2D eigenvalue weighted by molar-refractivity contribution is 6.76. The number of nitrogens with zero attached hydrogens (tertiary/aromatic N) is 8. The Kier molecular flexibility index (Phi) is 11.1. The third kappa shape index (κ3) is 9.34. The third-order valence-corrected chi connectivity index (χ3v) is 10.9. The summed E-state index contributed by atoms with van der Waals surface area (Å²) in [7, 11) is 0.582. The maximum Gasteiger partial charge on any atom is 0.410 e. The van der Waals surface area contributed by atoms with Crippen molar-refractivity contribution in [2.24, 2.45) is 0 Å². The van der Waals surface area contributed by atoms with Gasteiger partial charge < -0.3 is 38.8 Å². The van der Waals surface area contributed by atoms with E-state index in [-0.39, 0.29) is 12.1 Å². The minimum atomic E-state index is -1.22. The summed E-state index contributed by atoms with van der Waals surface area (Å²) in [5.41, 5.74) is 4.14. The minimum Gasteiger partial charge on any atom is -0.444 e. The Bertz CT molecular complexity index is 1760. The van der Waals surface area contributed by atoms with Gasteiger partial charge in [0.25, 0.3) is 0 Å². The number of anilines is 4. The van der Waals surface area contributed by atoms with Crippen LogP contribution in [-0.2, 0) is 20.9 Å². The van der Waals surface area contributed by atoms with Gasteiger partial charge in [0, 0.05) is 53.6 Å². The van der Waals surface area contributed by atoms with Gasteiger partial charge in [0.05, 0.1) is 48.4 Å². The molecule has 274 valence electrons. The van der Waals surface area contributed by atoms with Gasteiger partial charge in [-0.1, -0.05) is 31.8 Å². The van der Waals surface area contributed by atoms with Crippen molar-refractivity contribution < 1.29 is 19.0 Å². The minimum absolute atomic E-state index is 0.0296. The molecule has 1 aromatic carbocycles. The maximum atomic E-state index is 12.7. The van der Waals surface area contributed by atoms with Crippen LogP contribution in [0, 0.1) is 0 Å². The molecular weight excluding hydrogens is 663 g/mol. The first-order valence-corrected chi connectivity index (χ1v) is 21.7. The average Bonchev–Trinajstić information content (AvgIpc) is 3.48. The maximum absolute atomic E-state index is 12.7. The lowest BCUT2D eigenvalue weighted by Gasteiger charge is -2.38. The van der Waals surface area contributed by atoms with Crippen LogP contribution in [0.5, 0.6) is 0 Å². The van der Waals surface area contributed by atoms with Gasteiger partial charge in [-0.3, -0.25) is 0 Å². The molecule has 0 saturated carbocycles. The lowest BCUT2D eigenvalue weighted by Crippen LogP contribution is -2.50. The predicted molar refractivity (Wildman–Crippen MR) is 205 cm³/mol. The van der Waals surface area contributed by atoms with Crippen molar-refractivity contribution >= 4 is 48.3 Å². The summed E-state index contributed by atoms with van der Waals surface area (Å²) in [6.07, 6.45) is 6.81. The fourth-order valence-electron chi connectivity index (χ4n) is 6.36. The number of carbonyl (C=O) groups is 1. The fourth-order valence-corrected chi connectivity index (χ4v) is 7.11. The highest BCUT2D eigenvalue weighted by Gasteiger charge is 2.30. The summed E-state index contributed by atoms with van der Waals surface area (Å²) in [4.78, 5) is 37.6. The van der Waals surface area contributed by atoms with Crippen LogP contribution in [0.3, 0.4) is 0 Å². The zero-order valence-corrected chi connectivity index (χ0v) is 32.2. The third-order valence-electron chi connectivity index (χ3n) is 9.21. The van der Waals surface area contributed by atoms with Crippen LogP contribution in [0.2, 0.25) is 25.7 Å². The van der Waals surface area contributed by atoms with Gasteiger partial charge in [0.15, 0.2) is 0 Å². The Hall–Kier alpha value is -4.27. The molecule has 0 bridgehead atoms. The number of benzene rings is 1. The molecule has 0 aliphatic carbocycles. The lowest BCUT2D eigenvalue weighted by atomic mass is 10.1. The summed E-state index contributed by atoms with van der Waals surface area (Å²) in [6.45, 7) is 18.4. The smallest absolute Gasteiger partial charge is 0.410 e. The molecule has 4 aromatic rings. The molecular formula is C37H53N9O4Si. The molecule has 1 amide bonds. The van der Waals surface area contributed by atoms with Gasteiger partial charge in [-0.05, 0) is 63.4 Å². The average molecular weight is 716 g/mol. The predicted octanol–water partition coefficient (Wildman–Crippen LogP) is 6.62. The Labute approximate surface area is 302 Å². The van der Waals surface area contributed by atoms with E-state index in [0.717, 1.165) is 84.6 Å². The second kappa shape index (κ2) is 15.5. The fraction of sp³-hybridized carbons (Fsp3) is 0.541. The molecule has 2 aliphatic rings. The summed E-state index contributed by atoms with van der Waals surface area (Å²) >= 11 is 0. The number of morpholine rings is 1. The summed E-state index contributed by atoms with van der Waals surface area (Å²) < 4.78 is 19.6. The van der Waals surface area contributed by atoms with Crippen LogP contribution in [0.25, 0.3) is 22.3 Å². The molecule has 0 unspecified atom stereocenters. The first kappa shape index (κ1) is 36.5. The van der Waals surface area contributed by atoms with E-state index in [0.29, 0.717) is 32.4 Å². The number of fused-ring (bicyclic) bond motifs is 1.